The number of hydrogen-bond acceptors (Lipinski definition) is 3. The number of para-hydroxylation sites is 1. The Kier molecular flexibility index (Phi) is 7.67. The van der Waals surface area contributed by atoms with Crippen LogP contribution in [-0.4, -0.2) is 35.9 Å². The third kappa shape index (κ3) is 5.47. The third-order valence-corrected chi connectivity index (χ3v) is 4.47. The SMILES string of the molecule is CC[C@@H](Oc1ccc(Cl)cc1)C(=O)Nc1ccccc1C(=O)N(CC)CC. The molecule has 2 aromatic carbocycles. The molecule has 144 valence electrons. The van der Waals surface area contributed by atoms with Gasteiger partial charge in [0.2, 0.25) is 0 Å². The molecule has 1 atom stereocenters. The molecular weight excluding hydrogens is 364 g/mol. The predicted octanol–water partition coefficient (Wildman–Crippen LogP) is 4.62. The Labute approximate surface area is 165 Å². The molecule has 0 spiro atoms. The van der Waals surface area contributed by atoms with E-state index in [9.17, 15) is 9.59 Å². The van der Waals surface area contributed by atoms with E-state index in [0.717, 1.165) is 0 Å². The molecule has 0 fully saturated rings. The van der Waals surface area contributed by atoms with Gasteiger partial charge in [-0.1, -0.05) is 30.7 Å². The minimum atomic E-state index is -0.678. The molecule has 2 amide bonds. The summed E-state index contributed by atoms with van der Waals surface area (Å²) in [6.07, 6.45) is -0.191. The summed E-state index contributed by atoms with van der Waals surface area (Å²) in [5.41, 5.74) is 0.952. The summed E-state index contributed by atoms with van der Waals surface area (Å²) in [7, 11) is 0. The summed E-state index contributed by atoms with van der Waals surface area (Å²) >= 11 is 5.88. The van der Waals surface area contributed by atoms with Crippen LogP contribution in [0.25, 0.3) is 0 Å². The van der Waals surface area contributed by atoms with Gasteiger partial charge < -0.3 is 15.0 Å². The van der Waals surface area contributed by atoms with Crippen molar-refractivity contribution < 1.29 is 14.3 Å². The minimum Gasteiger partial charge on any atom is -0.481 e. The van der Waals surface area contributed by atoms with Gasteiger partial charge >= 0.3 is 0 Å². The third-order valence-electron chi connectivity index (χ3n) is 4.22. The fourth-order valence-electron chi connectivity index (χ4n) is 2.67. The lowest BCUT2D eigenvalue weighted by Crippen LogP contribution is -2.34. The molecule has 0 unspecified atom stereocenters. The second kappa shape index (κ2) is 9.97. The summed E-state index contributed by atoms with van der Waals surface area (Å²) in [5.74, 6) is 0.156. The maximum atomic E-state index is 12.7. The number of halogens is 1. The molecule has 2 aromatic rings. The van der Waals surface area contributed by atoms with Crippen molar-refractivity contribution in [2.24, 2.45) is 0 Å². The Balaban J connectivity index is 2.16. The summed E-state index contributed by atoms with van der Waals surface area (Å²) < 4.78 is 5.78. The lowest BCUT2D eigenvalue weighted by atomic mass is 10.1. The number of nitrogens with one attached hydrogen (secondary N) is 1. The number of benzene rings is 2. The van der Waals surface area contributed by atoms with Gasteiger partial charge in [0.1, 0.15) is 5.75 Å². The van der Waals surface area contributed by atoms with Crippen LogP contribution in [0.5, 0.6) is 5.75 Å². The van der Waals surface area contributed by atoms with Gasteiger partial charge in [-0.2, -0.15) is 0 Å². The Morgan fingerprint density at radius 3 is 2.26 bits per heavy atom. The highest BCUT2D eigenvalue weighted by atomic mass is 35.5. The highest BCUT2D eigenvalue weighted by molar-refractivity contribution is 6.30. The monoisotopic (exact) mass is 388 g/mol. The lowest BCUT2D eigenvalue weighted by molar-refractivity contribution is -0.122. The standard InChI is InChI=1S/C21H25ClN2O3/c1-4-19(27-16-13-11-15(22)12-14-16)20(25)23-18-10-8-7-9-17(18)21(26)24(5-2)6-3/h7-14,19H,4-6H2,1-3H3,(H,23,25)/t19-/m1/s1. The summed E-state index contributed by atoms with van der Waals surface area (Å²) in [6.45, 7) is 6.93. The molecule has 0 saturated heterocycles. The average molecular weight is 389 g/mol. The zero-order valence-corrected chi connectivity index (χ0v) is 16.6. The van der Waals surface area contributed by atoms with Crippen molar-refractivity contribution in [3.63, 3.8) is 0 Å². The van der Waals surface area contributed by atoms with Gasteiger partial charge in [-0.05, 0) is 56.7 Å². The number of nitrogens with zero attached hydrogens (tertiary/aromatic N) is 1. The first-order valence-electron chi connectivity index (χ1n) is 9.11. The van der Waals surface area contributed by atoms with E-state index in [0.29, 0.717) is 41.5 Å². The summed E-state index contributed by atoms with van der Waals surface area (Å²) in [5, 5.41) is 3.44. The number of anilines is 1. The normalized spacial score (nSPS) is 11.6. The lowest BCUT2D eigenvalue weighted by Gasteiger charge is -2.22. The first-order valence-corrected chi connectivity index (χ1v) is 9.49. The second-order valence-corrected chi connectivity index (χ2v) is 6.42. The molecule has 6 heteroatoms. The van der Waals surface area contributed by atoms with Gasteiger partial charge in [-0.15, -0.1) is 0 Å². The fourth-order valence-corrected chi connectivity index (χ4v) is 2.80. The van der Waals surface area contributed by atoms with Gasteiger partial charge in [0.05, 0.1) is 11.3 Å². The fraction of sp³-hybridized carbons (Fsp3) is 0.333. The van der Waals surface area contributed by atoms with Crippen LogP contribution in [0, 0.1) is 0 Å². The first kappa shape index (κ1) is 20.8. The number of hydrogen-bond donors (Lipinski definition) is 1. The van der Waals surface area contributed by atoms with Gasteiger partial charge in [0.15, 0.2) is 6.10 Å². The quantitative estimate of drug-likeness (QED) is 0.717. The van der Waals surface area contributed by atoms with Crippen LogP contribution in [0.15, 0.2) is 48.5 Å². The van der Waals surface area contributed by atoms with E-state index >= 15 is 0 Å². The number of rotatable bonds is 8. The topological polar surface area (TPSA) is 58.6 Å². The molecular formula is C21H25ClN2O3. The van der Waals surface area contributed by atoms with Crippen LogP contribution >= 0.6 is 11.6 Å². The summed E-state index contributed by atoms with van der Waals surface area (Å²) in [4.78, 5) is 27.1. The number of amides is 2. The maximum absolute atomic E-state index is 12.7. The molecule has 0 heterocycles. The van der Waals surface area contributed by atoms with Gasteiger partial charge in [0, 0.05) is 18.1 Å². The number of carbonyl (C=O) groups excluding carboxylic acids is 2. The van der Waals surface area contributed by atoms with Crippen molar-refractivity contribution in [1.82, 2.24) is 4.90 Å². The average Bonchev–Trinajstić information content (AvgIpc) is 2.68. The molecule has 5 nitrogen and oxygen atoms in total. The molecule has 0 aliphatic heterocycles. The van der Waals surface area contributed by atoms with Gasteiger partial charge in [0.25, 0.3) is 11.8 Å². The van der Waals surface area contributed by atoms with Crippen LogP contribution in [0.4, 0.5) is 5.69 Å². The molecule has 1 N–H and O–H groups in total. The Bertz CT molecular complexity index is 773. The Hall–Kier alpha value is -2.53. The van der Waals surface area contributed by atoms with Crippen LogP contribution in [0.2, 0.25) is 5.02 Å². The van der Waals surface area contributed by atoms with Crippen molar-refractivity contribution in [1.29, 1.82) is 0 Å². The molecule has 0 radical (unpaired) electrons. The largest absolute Gasteiger partial charge is 0.481 e. The van der Waals surface area contributed by atoms with E-state index in [1.54, 1.807) is 53.4 Å². The molecule has 0 bridgehead atoms. The predicted molar refractivity (Wildman–Crippen MR) is 108 cm³/mol. The molecule has 2 rings (SSSR count). The Morgan fingerprint density at radius 1 is 1.04 bits per heavy atom. The molecule has 0 aliphatic rings. The zero-order valence-electron chi connectivity index (χ0n) is 15.9. The van der Waals surface area contributed by atoms with E-state index < -0.39 is 6.10 Å². The smallest absolute Gasteiger partial charge is 0.265 e. The summed E-state index contributed by atoms with van der Waals surface area (Å²) in [6, 6.07) is 13.9. The van der Waals surface area contributed by atoms with Crippen molar-refractivity contribution in [3.8, 4) is 5.75 Å². The molecule has 0 saturated carbocycles. The number of carbonyl (C=O) groups is 2. The van der Waals surface area contributed by atoms with E-state index in [1.165, 1.54) is 0 Å². The zero-order chi connectivity index (χ0) is 19.8. The van der Waals surface area contributed by atoms with Gasteiger partial charge in [-0.3, -0.25) is 9.59 Å². The van der Waals surface area contributed by atoms with Crippen LogP contribution < -0.4 is 10.1 Å². The second-order valence-electron chi connectivity index (χ2n) is 5.98. The van der Waals surface area contributed by atoms with Crippen molar-refractivity contribution in [2.45, 2.75) is 33.3 Å². The molecule has 0 aliphatic carbocycles. The Morgan fingerprint density at radius 2 is 1.67 bits per heavy atom. The number of ether oxygens (including phenoxy) is 1. The highest BCUT2D eigenvalue weighted by Crippen LogP contribution is 2.21. The minimum absolute atomic E-state index is 0.109. The van der Waals surface area contributed by atoms with Crippen LogP contribution in [0.1, 0.15) is 37.6 Å². The van der Waals surface area contributed by atoms with Gasteiger partial charge in [-0.25, -0.2) is 0 Å². The van der Waals surface area contributed by atoms with Crippen molar-refractivity contribution in [3.05, 3.63) is 59.1 Å². The van der Waals surface area contributed by atoms with E-state index in [-0.39, 0.29) is 11.8 Å². The van der Waals surface area contributed by atoms with Crippen LogP contribution in [0.3, 0.4) is 0 Å². The molecule has 0 aromatic heterocycles. The molecule has 27 heavy (non-hydrogen) atoms. The van der Waals surface area contributed by atoms with E-state index in [1.807, 2.05) is 20.8 Å². The van der Waals surface area contributed by atoms with E-state index in [4.69, 9.17) is 16.3 Å². The highest BCUT2D eigenvalue weighted by Gasteiger charge is 2.22. The van der Waals surface area contributed by atoms with Crippen LogP contribution in [-0.2, 0) is 4.79 Å². The first-order chi connectivity index (χ1) is 13.0. The van der Waals surface area contributed by atoms with Crippen molar-refractivity contribution in [2.75, 3.05) is 18.4 Å². The van der Waals surface area contributed by atoms with E-state index in [2.05, 4.69) is 5.32 Å². The maximum Gasteiger partial charge on any atom is 0.265 e. The van der Waals surface area contributed by atoms with Crippen molar-refractivity contribution >= 4 is 29.1 Å².